The molecule has 0 amide bonds. The number of phenolic OH excluding ortho intramolecular Hbond substituents is 1. The van der Waals surface area contributed by atoms with Crippen LogP contribution in [0.2, 0.25) is 0 Å². The van der Waals surface area contributed by atoms with E-state index in [1.807, 2.05) is 19.2 Å². The van der Waals surface area contributed by atoms with Gasteiger partial charge < -0.3 is 19.9 Å². The number of aromatic nitrogens is 2. The van der Waals surface area contributed by atoms with Crippen molar-refractivity contribution in [2.45, 2.75) is 12.1 Å². The molecule has 0 unspecified atom stereocenters. The van der Waals surface area contributed by atoms with Crippen molar-refractivity contribution in [1.82, 2.24) is 9.97 Å². The Morgan fingerprint density at radius 3 is 2.48 bits per heavy atom. The zero-order valence-corrected chi connectivity index (χ0v) is 17.3. The molecule has 0 aliphatic rings. The monoisotopic (exact) mass is 408 g/mol. The van der Waals surface area contributed by atoms with Crippen molar-refractivity contribution in [1.29, 1.82) is 5.26 Å². The van der Waals surface area contributed by atoms with E-state index in [9.17, 15) is 10.4 Å². The van der Waals surface area contributed by atoms with Gasteiger partial charge in [-0.2, -0.15) is 5.26 Å². The fourth-order valence-electron chi connectivity index (χ4n) is 2.80. The van der Waals surface area contributed by atoms with Gasteiger partial charge in [0, 0.05) is 5.56 Å². The Morgan fingerprint density at radius 1 is 1.07 bits per heavy atom. The van der Waals surface area contributed by atoms with Crippen molar-refractivity contribution in [3.8, 4) is 34.6 Å². The fourth-order valence-corrected chi connectivity index (χ4v) is 3.16. The third kappa shape index (κ3) is 4.20. The van der Waals surface area contributed by atoms with Crippen LogP contribution in [-0.4, -0.2) is 35.5 Å². The average Bonchev–Trinajstić information content (AvgIpc) is 2.75. The fraction of sp³-hybridized carbons (Fsp3) is 0.190. The highest BCUT2D eigenvalue weighted by Crippen LogP contribution is 2.36. The maximum Gasteiger partial charge on any atom is 0.189 e. The smallest absolute Gasteiger partial charge is 0.189 e. The van der Waals surface area contributed by atoms with E-state index in [2.05, 4.69) is 21.4 Å². The van der Waals surface area contributed by atoms with E-state index in [0.29, 0.717) is 39.4 Å². The summed E-state index contributed by atoms with van der Waals surface area (Å²) in [7, 11) is 3.11. The normalized spacial score (nSPS) is 10.3. The molecule has 29 heavy (non-hydrogen) atoms. The first kappa shape index (κ1) is 20.3. The predicted molar refractivity (Wildman–Crippen MR) is 113 cm³/mol. The van der Waals surface area contributed by atoms with Crippen LogP contribution in [0, 0.1) is 18.3 Å². The number of aryl methyl sites for hydroxylation is 1. The van der Waals surface area contributed by atoms with Crippen LogP contribution in [0.15, 0.2) is 41.6 Å². The van der Waals surface area contributed by atoms with Gasteiger partial charge in [0.2, 0.25) is 0 Å². The number of ether oxygens (including phenoxy) is 2. The van der Waals surface area contributed by atoms with Crippen molar-refractivity contribution in [2.75, 3.05) is 25.8 Å². The molecular formula is C21H20N4O3S. The molecule has 148 valence electrons. The molecule has 7 nitrogen and oxygen atoms in total. The summed E-state index contributed by atoms with van der Waals surface area (Å²) < 4.78 is 10.7. The molecule has 3 aromatic rings. The first-order chi connectivity index (χ1) is 14.0. The number of benzene rings is 2. The number of nitrogens with zero attached hydrogens (tertiary/aromatic N) is 3. The highest BCUT2D eigenvalue weighted by atomic mass is 32.2. The third-order valence-electron chi connectivity index (χ3n) is 4.24. The van der Waals surface area contributed by atoms with Crippen LogP contribution in [0.1, 0.15) is 11.1 Å². The molecular weight excluding hydrogens is 388 g/mol. The Balaban J connectivity index is 2.17. The SMILES string of the molecule is COc1ccc(-c2nc(SC)nc(Nc3cc(C)ccc3O)c2C#N)cc1OC. The molecule has 0 aliphatic heterocycles. The number of rotatable bonds is 6. The lowest BCUT2D eigenvalue weighted by atomic mass is 10.1. The first-order valence-corrected chi connectivity index (χ1v) is 9.88. The minimum Gasteiger partial charge on any atom is -0.506 e. The lowest BCUT2D eigenvalue weighted by molar-refractivity contribution is 0.355. The van der Waals surface area contributed by atoms with E-state index >= 15 is 0 Å². The average molecular weight is 408 g/mol. The maximum atomic E-state index is 10.2. The molecule has 2 N–H and O–H groups in total. The lowest BCUT2D eigenvalue weighted by Crippen LogP contribution is -2.04. The highest BCUT2D eigenvalue weighted by molar-refractivity contribution is 7.98. The molecule has 8 heteroatoms. The van der Waals surface area contributed by atoms with Gasteiger partial charge in [-0.1, -0.05) is 17.8 Å². The van der Waals surface area contributed by atoms with Gasteiger partial charge in [0.15, 0.2) is 22.5 Å². The molecule has 0 saturated carbocycles. The summed E-state index contributed by atoms with van der Waals surface area (Å²) in [6.45, 7) is 1.91. The predicted octanol–water partition coefficient (Wildman–Crippen LogP) is 4.51. The Hall–Kier alpha value is -3.44. The van der Waals surface area contributed by atoms with Gasteiger partial charge in [-0.3, -0.25) is 0 Å². The van der Waals surface area contributed by atoms with Gasteiger partial charge in [0.1, 0.15) is 17.4 Å². The van der Waals surface area contributed by atoms with Crippen LogP contribution in [0.4, 0.5) is 11.5 Å². The lowest BCUT2D eigenvalue weighted by Gasteiger charge is -2.14. The largest absolute Gasteiger partial charge is 0.506 e. The molecule has 0 spiro atoms. The maximum absolute atomic E-state index is 10.2. The highest BCUT2D eigenvalue weighted by Gasteiger charge is 2.18. The number of aromatic hydroxyl groups is 1. The summed E-state index contributed by atoms with van der Waals surface area (Å²) in [4.78, 5) is 8.98. The minimum atomic E-state index is 0.0662. The second-order valence-electron chi connectivity index (χ2n) is 6.11. The van der Waals surface area contributed by atoms with Crippen LogP contribution in [-0.2, 0) is 0 Å². The number of nitriles is 1. The van der Waals surface area contributed by atoms with Crippen molar-refractivity contribution >= 4 is 23.3 Å². The van der Waals surface area contributed by atoms with E-state index in [0.717, 1.165) is 5.56 Å². The van der Waals surface area contributed by atoms with E-state index in [4.69, 9.17) is 9.47 Å². The van der Waals surface area contributed by atoms with Gasteiger partial charge >= 0.3 is 0 Å². The summed E-state index contributed by atoms with van der Waals surface area (Å²) in [5.74, 6) is 1.50. The molecule has 0 bridgehead atoms. The molecule has 1 heterocycles. The van der Waals surface area contributed by atoms with E-state index in [1.54, 1.807) is 44.6 Å². The standard InChI is InChI=1S/C21H20N4O3S/c1-12-5-7-16(26)15(9-12)23-20-14(11-22)19(24-21(25-20)29-4)13-6-8-17(27-2)18(10-13)28-3/h5-10,26H,1-4H3,(H,23,24,25). The third-order valence-corrected chi connectivity index (χ3v) is 4.79. The van der Waals surface area contributed by atoms with Crippen molar-refractivity contribution in [3.05, 3.63) is 47.5 Å². The van der Waals surface area contributed by atoms with Gasteiger partial charge in [0.25, 0.3) is 0 Å². The number of methoxy groups -OCH3 is 2. The Morgan fingerprint density at radius 2 is 1.83 bits per heavy atom. The summed E-state index contributed by atoms with van der Waals surface area (Å²) in [5.41, 5.74) is 2.83. The Kier molecular flexibility index (Phi) is 6.10. The Bertz CT molecular complexity index is 1100. The van der Waals surface area contributed by atoms with Crippen LogP contribution < -0.4 is 14.8 Å². The number of hydrogen-bond donors (Lipinski definition) is 2. The van der Waals surface area contributed by atoms with E-state index in [1.165, 1.54) is 11.8 Å². The van der Waals surface area contributed by atoms with E-state index < -0.39 is 0 Å². The number of thioether (sulfide) groups is 1. The molecule has 1 aromatic heterocycles. The summed E-state index contributed by atoms with van der Waals surface area (Å²) in [5, 5.41) is 23.6. The van der Waals surface area contributed by atoms with Crippen molar-refractivity contribution in [3.63, 3.8) is 0 Å². The molecule has 0 radical (unpaired) electrons. The molecule has 2 aromatic carbocycles. The number of nitrogens with one attached hydrogen (secondary N) is 1. The topological polar surface area (TPSA) is 100 Å². The van der Waals surface area contributed by atoms with Gasteiger partial charge in [-0.15, -0.1) is 0 Å². The zero-order chi connectivity index (χ0) is 21.0. The minimum absolute atomic E-state index is 0.0662. The molecule has 0 fully saturated rings. The van der Waals surface area contributed by atoms with Gasteiger partial charge in [0.05, 0.1) is 25.6 Å². The molecule has 3 rings (SSSR count). The number of hydrogen-bond acceptors (Lipinski definition) is 8. The van der Waals surface area contributed by atoms with E-state index in [-0.39, 0.29) is 11.3 Å². The van der Waals surface area contributed by atoms with Gasteiger partial charge in [-0.25, -0.2) is 9.97 Å². The van der Waals surface area contributed by atoms with Crippen LogP contribution in [0.3, 0.4) is 0 Å². The summed E-state index contributed by atoms with van der Waals surface area (Å²) >= 11 is 1.36. The molecule has 0 aliphatic carbocycles. The van der Waals surface area contributed by atoms with Crippen LogP contribution >= 0.6 is 11.8 Å². The summed E-state index contributed by atoms with van der Waals surface area (Å²) in [6.07, 6.45) is 1.85. The number of phenols is 1. The zero-order valence-electron chi connectivity index (χ0n) is 16.5. The van der Waals surface area contributed by atoms with Crippen molar-refractivity contribution < 1.29 is 14.6 Å². The first-order valence-electron chi connectivity index (χ1n) is 8.65. The van der Waals surface area contributed by atoms with Crippen LogP contribution in [0.5, 0.6) is 17.2 Å². The second-order valence-corrected chi connectivity index (χ2v) is 6.88. The second kappa shape index (κ2) is 8.71. The van der Waals surface area contributed by atoms with Gasteiger partial charge in [-0.05, 0) is 49.1 Å². The molecule has 0 saturated heterocycles. The van der Waals surface area contributed by atoms with Crippen LogP contribution in [0.25, 0.3) is 11.3 Å². The van der Waals surface area contributed by atoms with Crippen molar-refractivity contribution in [2.24, 2.45) is 0 Å². The summed E-state index contributed by atoms with van der Waals surface area (Å²) in [6, 6.07) is 12.7. The molecule has 0 atom stereocenters. The number of anilines is 2. The quantitative estimate of drug-likeness (QED) is 0.349. The Labute approximate surface area is 173 Å².